The zero-order valence-electron chi connectivity index (χ0n) is 9.79. The van der Waals surface area contributed by atoms with E-state index in [1.807, 2.05) is 14.1 Å². The van der Waals surface area contributed by atoms with Gasteiger partial charge in [-0.05, 0) is 35.8 Å². The zero-order chi connectivity index (χ0) is 11.5. The first-order valence-electron chi connectivity index (χ1n) is 5.67. The van der Waals surface area contributed by atoms with Crippen LogP contribution in [0.25, 0.3) is 0 Å². The molecule has 0 amide bonds. The molecular formula is C11H18BrN3O. The van der Waals surface area contributed by atoms with Gasteiger partial charge in [-0.3, -0.25) is 0 Å². The summed E-state index contributed by atoms with van der Waals surface area (Å²) in [4.78, 5) is 4.72. The molecule has 1 aliphatic rings. The molecule has 1 saturated heterocycles. The van der Waals surface area contributed by atoms with Gasteiger partial charge < -0.3 is 14.6 Å². The number of hydrogen-bond donors (Lipinski definition) is 1. The third-order valence-electron chi connectivity index (χ3n) is 3.09. The first-order chi connectivity index (χ1) is 7.74. The van der Waals surface area contributed by atoms with E-state index in [9.17, 15) is 0 Å². The molecule has 2 rings (SSSR count). The van der Waals surface area contributed by atoms with Crippen LogP contribution >= 0.6 is 15.9 Å². The van der Waals surface area contributed by atoms with Crippen molar-refractivity contribution >= 4 is 15.9 Å². The third kappa shape index (κ3) is 2.31. The maximum absolute atomic E-state index is 5.38. The molecule has 0 unspecified atom stereocenters. The molecule has 0 atom stereocenters. The highest BCUT2D eigenvalue weighted by molar-refractivity contribution is 9.10. The normalized spacial score (nSPS) is 17.9. The lowest BCUT2D eigenvalue weighted by Crippen LogP contribution is -2.15. The van der Waals surface area contributed by atoms with Crippen LogP contribution in [-0.2, 0) is 18.3 Å². The molecule has 0 spiro atoms. The van der Waals surface area contributed by atoms with Crippen LogP contribution < -0.4 is 5.32 Å². The minimum atomic E-state index is 0.542. The maximum Gasteiger partial charge on any atom is 0.123 e. The second-order valence-electron chi connectivity index (χ2n) is 4.18. The van der Waals surface area contributed by atoms with Crippen molar-refractivity contribution in [1.29, 1.82) is 0 Å². The molecule has 90 valence electrons. The summed E-state index contributed by atoms with van der Waals surface area (Å²) in [6, 6.07) is 0. The molecular weight excluding hydrogens is 270 g/mol. The van der Waals surface area contributed by atoms with Crippen LogP contribution in [0, 0.1) is 0 Å². The molecule has 0 aromatic carbocycles. The predicted molar refractivity (Wildman–Crippen MR) is 66.5 cm³/mol. The molecule has 0 aliphatic carbocycles. The largest absolute Gasteiger partial charge is 0.381 e. The average molecular weight is 288 g/mol. The van der Waals surface area contributed by atoms with Crippen LogP contribution in [0.1, 0.15) is 30.3 Å². The van der Waals surface area contributed by atoms with Crippen molar-refractivity contribution in [1.82, 2.24) is 14.9 Å². The Labute approximate surface area is 105 Å². The van der Waals surface area contributed by atoms with E-state index in [0.717, 1.165) is 43.0 Å². The lowest BCUT2D eigenvalue weighted by atomic mass is 9.97. The van der Waals surface area contributed by atoms with Crippen molar-refractivity contribution in [2.45, 2.75) is 25.3 Å². The fourth-order valence-corrected chi connectivity index (χ4v) is 2.71. The number of rotatable bonds is 3. The summed E-state index contributed by atoms with van der Waals surface area (Å²) in [5, 5.41) is 3.14. The van der Waals surface area contributed by atoms with Crippen LogP contribution in [0.2, 0.25) is 0 Å². The molecule has 1 N–H and O–H groups in total. The van der Waals surface area contributed by atoms with Gasteiger partial charge >= 0.3 is 0 Å². The number of imidazole rings is 1. The summed E-state index contributed by atoms with van der Waals surface area (Å²) >= 11 is 3.64. The first-order valence-corrected chi connectivity index (χ1v) is 6.46. The molecule has 0 saturated carbocycles. The summed E-state index contributed by atoms with van der Waals surface area (Å²) in [6.07, 6.45) is 2.16. The predicted octanol–water partition coefficient (Wildman–Crippen LogP) is 1.80. The van der Waals surface area contributed by atoms with Gasteiger partial charge in [0.25, 0.3) is 0 Å². The third-order valence-corrected chi connectivity index (χ3v) is 4.02. The van der Waals surface area contributed by atoms with Gasteiger partial charge in [-0.25, -0.2) is 4.98 Å². The Bertz CT molecular complexity index is 358. The van der Waals surface area contributed by atoms with Crippen LogP contribution in [0.5, 0.6) is 0 Å². The van der Waals surface area contributed by atoms with Gasteiger partial charge in [0, 0.05) is 26.2 Å². The lowest BCUT2D eigenvalue weighted by Gasteiger charge is -2.20. The second kappa shape index (κ2) is 5.29. The molecule has 5 heteroatoms. The van der Waals surface area contributed by atoms with E-state index in [4.69, 9.17) is 9.72 Å². The summed E-state index contributed by atoms with van der Waals surface area (Å²) < 4.78 is 8.61. The standard InChI is InChI=1S/C11H18BrN3O/c1-13-7-9-14-10(11(12)15(9)2)8-3-5-16-6-4-8/h8,13H,3-7H2,1-2H3. The monoisotopic (exact) mass is 287 g/mol. The summed E-state index contributed by atoms with van der Waals surface area (Å²) in [5.74, 6) is 1.62. The number of ether oxygens (including phenoxy) is 1. The van der Waals surface area contributed by atoms with Crippen molar-refractivity contribution in [3.05, 3.63) is 16.1 Å². The van der Waals surface area contributed by atoms with Gasteiger partial charge in [0.05, 0.1) is 12.2 Å². The fraction of sp³-hybridized carbons (Fsp3) is 0.727. The van der Waals surface area contributed by atoms with Crippen LogP contribution in [0.4, 0.5) is 0 Å². The molecule has 0 radical (unpaired) electrons. The molecule has 16 heavy (non-hydrogen) atoms. The molecule has 1 fully saturated rings. The van der Waals surface area contributed by atoms with E-state index in [1.54, 1.807) is 0 Å². The molecule has 2 heterocycles. The summed E-state index contributed by atoms with van der Waals surface area (Å²) in [5.41, 5.74) is 1.19. The van der Waals surface area contributed by atoms with E-state index in [1.165, 1.54) is 5.69 Å². The molecule has 1 aromatic rings. The average Bonchev–Trinajstić information content (AvgIpc) is 2.59. The van der Waals surface area contributed by atoms with Gasteiger partial charge in [-0.15, -0.1) is 0 Å². The minimum Gasteiger partial charge on any atom is -0.381 e. The van der Waals surface area contributed by atoms with Crippen molar-refractivity contribution in [2.75, 3.05) is 20.3 Å². The van der Waals surface area contributed by atoms with E-state index in [-0.39, 0.29) is 0 Å². The molecule has 1 aromatic heterocycles. The highest BCUT2D eigenvalue weighted by Crippen LogP contribution is 2.31. The van der Waals surface area contributed by atoms with Gasteiger partial charge in [-0.1, -0.05) is 0 Å². The molecule has 4 nitrogen and oxygen atoms in total. The van der Waals surface area contributed by atoms with Gasteiger partial charge in [0.2, 0.25) is 0 Å². The maximum atomic E-state index is 5.38. The smallest absolute Gasteiger partial charge is 0.123 e. The van der Waals surface area contributed by atoms with E-state index in [0.29, 0.717) is 5.92 Å². The fourth-order valence-electron chi connectivity index (χ4n) is 2.09. The molecule has 1 aliphatic heterocycles. The highest BCUT2D eigenvalue weighted by atomic mass is 79.9. The lowest BCUT2D eigenvalue weighted by molar-refractivity contribution is 0.0844. The van der Waals surface area contributed by atoms with Crippen LogP contribution in [0.15, 0.2) is 4.60 Å². The van der Waals surface area contributed by atoms with Gasteiger partial charge in [0.1, 0.15) is 10.4 Å². The van der Waals surface area contributed by atoms with Crippen molar-refractivity contribution in [3.8, 4) is 0 Å². The SMILES string of the molecule is CNCc1nc(C2CCOCC2)c(Br)n1C. The van der Waals surface area contributed by atoms with Gasteiger partial charge in [-0.2, -0.15) is 0 Å². The second-order valence-corrected chi connectivity index (χ2v) is 4.93. The van der Waals surface area contributed by atoms with E-state index in [2.05, 4.69) is 25.8 Å². The highest BCUT2D eigenvalue weighted by Gasteiger charge is 2.23. The van der Waals surface area contributed by atoms with Gasteiger partial charge in [0.15, 0.2) is 0 Å². The molecule has 0 bridgehead atoms. The quantitative estimate of drug-likeness (QED) is 0.921. The topological polar surface area (TPSA) is 39.1 Å². The van der Waals surface area contributed by atoms with Crippen LogP contribution in [-0.4, -0.2) is 29.8 Å². The number of hydrogen-bond acceptors (Lipinski definition) is 3. The number of halogens is 1. The Balaban J connectivity index is 2.22. The van der Waals surface area contributed by atoms with Crippen molar-refractivity contribution in [2.24, 2.45) is 7.05 Å². The Morgan fingerprint density at radius 3 is 2.81 bits per heavy atom. The van der Waals surface area contributed by atoms with Crippen molar-refractivity contribution < 1.29 is 4.74 Å². The van der Waals surface area contributed by atoms with E-state index < -0.39 is 0 Å². The number of nitrogens with one attached hydrogen (secondary N) is 1. The zero-order valence-corrected chi connectivity index (χ0v) is 11.4. The number of nitrogens with zero attached hydrogens (tertiary/aromatic N) is 2. The van der Waals surface area contributed by atoms with Crippen molar-refractivity contribution in [3.63, 3.8) is 0 Å². The Kier molecular flexibility index (Phi) is 4.00. The summed E-state index contributed by atoms with van der Waals surface area (Å²) in [6.45, 7) is 2.52. The first kappa shape index (κ1) is 12.1. The Morgan fingerprint density at radius 2 is 2.19 bits per heavy atom. The Morgan fingerprint density at radius 1 is 1.50 bits per heavy atom. The van der Waals surface area contributed by atoms with Crippen LogP contribution in [0.3, 0.4) is 0 Å². The van der Waals surface area contributed by atoms with E-state index >= 15 is 0 Å². The minimum absolute atomic E-state index is 0.542. The Hall–Kier alpha value is -0.390. The number of aromatic nitrogens is 2. The summed E-state index contributed by atoms with van der Waals surface area (Å²) in [7, 11) is 3.99.